The van der Waals surface area contributed by atoms with E-state index in [-0.39, 0.29) is 37.1 Å². The quantitative estimate of drug-likeness (QED) is 0.147. The number of nitrogens with zero attached hydrogens (tertiary/aromatic N) is 4. The number of aromatic nitrogens is 4. The number of benzene rings is 2. The fraction of sp³-hybridized carbons (Fsp3) is 0.412. The number of aliphatic hydroxyl groups excluding tert-OH is 2. The van der Waals surface area contributed by atoms with E-state index in [4.69, 9.17) is 0 Å². The summed E-state index contributed by atoms with van der Waals surface area (Å²) < 4.78 is 3.76. The number of aliphatic hydroxyl groups is 2. The zero-order valence-corrected chi connectivity index (χ0v) is 26.3. The average molecular weight is 627 g/mol. The van der Waals surface area contributed by atoms with Crippen molar-refractivity contribution >= 4 is 23.2 Å². The van der Waals surface area contributed by atoms with Crippen molar-refractivity contribution in [1.29, 1.82) is 0 Å². The molecule has 0 spiro atoms. The molecule has 0 unspecified atom stereocenters. The van der Waals surface area contributed by atoms with Gasteiger partial charge in [-0.3, -0.25) is 19.0 Å². The minimum atomic E-state index is -0.280. The maximum atomic E-state index is 13.4. The Hall–Kier alpha value is -4.36. The highest BCUT2D eigenvalue weighted by atomic mass is 16.3. The summed E-state index contributed by atoms with van der Waals surface area (Å²) >= 11 is 0. The van der Waals surface area contributed by atoms with E-state index in [1.54, 1.807) is 0 Å². The van der Waals surface area contributed by atoms with Crippen molar-refractivity contribution in [2.75, 3.05) is 36.9 Å². The predicted molar refractivity (Wildman–Crippen MR) is 176 cm³/mol. The molecule has 12 heteroatoms. The summed E-state index contributed by atoms with van der Waals surface area (Å²) in [6.07, 6.45) is 3.76. The van der Waals surface area contributed by atoms with Crippen molar-refractivity contribution in [1.82, 2.24) is 30.2 Å². The maximum absolute atomic E-state index is 13.4. The lowest BCUT2D eigenvalue weighted by atomic mass is 9.94. The number of hydrogen-bond acceptors (Lipinski definition) is 8. The van der Waals surface area contributed by atoms with Gasteiger partial charge >= 0.3 is 0 Å². The van der Waals surface area contributed by atoms with E-state index >= 15 is 0 Å². The average Bonchev–Trinajstić information content (AvgIpc) is 3.71. The second-order valence-corrected chi connectivity index (χ2v) is 12.0. The molecule has 0 radical (unpaired) electrons. The van der Waals surface area contributed by atoms with Crippen molar-refractivity contribution in [3.63, 3.8) is 0 Å². The first-order valence-corrected chi connectivity index (χ1v) is 16.0. The molecule has 12 nitrogen and oxygen atoms in total. The molecule has 6 rings (SSSR count). The molecule has 2 aromatic heterocycles. The molecule has 2 amide bonds. The molecule has 4 heterocycles. The van der Waals surface area contributed by atoms with Gasteiger partial charge in [-0.2, -0.15) is 10.2 Å². The van der Waals surface area contributed by atoms with Crippen LogP contribution in [-0.4, -0.2) is 67.9 Å². The smallest absolute Gasteiger partial charge is 0.276 e. The Balaban J connectivity index is 1.19. The second kappa shape index (κ2) is 14.0. The third-order valence-electron chi connectivity index (χ3n) is 8.99. The molecular formula is C34H42N8O4. The van der Waals surface area contributed by atoms with Crippen molar-refractivity contribution in [2.45, 2.75) is 64.7 Å². The Bertz CT molecular complexity index is 1600. The van der Waals surface area contributed by atoms with Gasteiger partial charge in [0.15, 0.2) is 11.4 Å². The van der Waals surface area contributed by atoms with Crippen LogP contribution in [0.4, 0.5) is 11.4 Å². The minimum Gasteiger partial charge on any atom is -0.395 e. The number of anilines is 2. The summed E-state index contributed by atoms with van der Waals surface area (Å²) in [5.74, 6) is -0.560. The Morgan fingerprint density at radius 3 is 1.59 bits per heavy atom. The number of carbonyl (C=O) groups excluding carboxylic acids is 2. The fourth-order valence-corrected chi connectivity index (χ4v) is 6.58. The lowest BCUT2D eigenvalue weighted by Gasteiger charge is -2.24. The maximum Gasteiger partial charge on any atom is 0.276 e. The highest BCUT2D eigenvalue weighted by Crippen LogP contribution is 2.34. The summed E-state index contributed by atoms with van der Waals surface area (Å²) in [5, 5.41) is 40.4. The van der Waals surface area contributed by atoms with Gasteiger partial charge in [-0.05, 0) is 86.1 Å². The van der Waals surface area contributed by atoms with Crippen LogP contribution in [0.25, 0.3) is 11.1 Å². The monoisotopic (exact) mass is 626 g/mol. The first-order chi connectivity index (χ1) is 22.4. The molecule has 0 bridgehead atoms. The SMILES string of the molecule is Cc1c(NC(=O)c2cc3n(n2)CCC[C@@H]3NCCO)cccc1-c1cccc(NC(=O)c2cc3n(n2)CCC[C@@H]3NCCO)c1C. The number of hydrogen-bond donors (Lipinski definition) is 6. The first-order valence-electron chi connectivity index (χ1n) is 16.0. The molecule has 46 heavy (non-hydrogen) atoms. The molecule has 2 aliphatic rings. The Kier molecular flexibility index (Phi) is 9.59. The van der Waals surface area contributed by atoms with Crippen LogP contribution in [-0.2, 0) is 13.1 Å². The van der Waals surface area contributed by atoms with E-state index in [0.29, 0.717) is 35.9 Å². The van der Waals surface area contributed by atoms with E-state index in [0.717, 1.165) is 72.4 Å². The number of rotatable bonds is 11. The van der Waals surface area contributed by atoms with Crippen molar-refractivity contribution in [3.05, 3.63) is 82.4 Å². The van der Waals surface area contributed by atoms with Gasteiger partial charge in [-0.25, -0.2) is 0 Å². The van der Waals surface area contributed by atoms with Crippen molar-refractivity contribution < 1.29 is 19.8 Å². The van der Waals surface area contributed by atoms with Crippen LogP contribution in [0, 0.1) is 13.8 Å². The topological polar surface area (TPSA) is 158 Å². The molecule has 242 valence electrons. The second-order valence-electron chi connectivity index (χ2n) is 12.0. The van der Waals surface area contributed by atoms with Gasteiger partial charge < -0.3 is 31.5 Å². The van der Waals surface area contributed by atoms with Gasteiger partial charge in [-0.1, -0.05) is 24.3 Å². The van der Waals surface area contributed by atoms with E-state index in [1.165, 1.54) is 0 Å². The molecule has 0 aliphatic carbocycles. The molecule has 2 aliphatic heterocycles. The van der Waals surface area contributed by atoms with Crippen LogP contribution in [0.3, 0.4) is 0 Å². The molecule has 2 atom stereocenters. The third kappa shape index (κ3) is 6.47. The summed E-state index contributed by atoms with van der Waals surface area (Å²) in [4.78, 5) is 26.7. The number of fused-ring (bicyclic) bond motifs is 2. The van der Waals surface area contributed by atoms with Gasteiger partial charge in [0.25, 0.3) is 11.8 Å². The summed E-state index contributed by atoms with van der Waals surface area (Å²) in [6.45, 7) is 6.54. The molecule has 0 saturated carbocycles. The minimum absolute atomic E-state index is 0.0552. The summed E-state index contributed by atoms with van der Waals surface area (Å²) in [6, 6.07) is 15.4. The predicted octanol–water partition coefficient (Wildman–Crippen LogP) is 3.70. The molecule has 2 aromatic carbocycles. The summed E-state index contributed by atoms with van der Waals surface area (Å²) in [7, 11) is 0. The van der Waals surface area contributed by atoms with Crippen LogP contribution in [0.5, 0.6) is 0 Å². The van der Waals surface area contributed by atoms with Crippen molar-refractivity contribution in [2.24, 2.45) is 0 Å². The molecule has 0 fully saturated rings. The van der Waals surface area contributed by atoms with Crippen LogP contribution in [0.15, 0.2) is 48.5 Å². The van der Waals surface area contributed by atoms with Gasteiger partial charge in [0, 0.05) is 49.6 Å². The van der Waals surface area contributed by atoms with Crippen molar-refractivity contribution in [3.8, 4) is 11.1 Å². The number of aryl methyl sites for hydroxylation is 2. The fourth-order valence-electron chi connectivity index (χ4n) is 6.58. The highest BCUT2D eigenvalue weighted by Gasteiger charge is 2.26. The van der Waals surface area contributed by atoms with E-state index in [1.807, 2.05) is 71.7 Å². The molecular weight excluding hydrogens is 584 g/mol. The molecule has 6 N–H and O–H groups in total. The number of carbonyl (C=O) groups is 2. The van der Waals surface area contributed by atoms with Crippen LogP contribution in [0.1, 0.15) is 81.3 Å². The lowest BCUT2D eigenvalue weighted by molar-refractivity contribution is 0.101. The normalized spacial score (nSPS) is 17.3. The van der Waals surface area contributed by atoms with Crippen LogP contribution >= 0.6 is 0 Å². The first kappa shape index (κ1) is 31.6. The molecule has 4 aromatic rings. The zero-order valence-electron chi connectivity index (χ0n) is 26.3. The van der Waals surface area contributed by atoms with Gasteiger partial charge in [0.05, 0.1) is 24.6 Å². The molecule has 0 saturated heterocycles. The van der Waals surface area contributed by atoms with E-state index < -0.39 is 0 Å². The van der Waals surface area contributed by atoms with Crippen LogP contribution < -0.4 is 21.3 Å². The lowest BCUT2D eigenvalue weighted by Crippen LogP contribution is -2.29. The Morgan fingerprint density at radius 1 is 0.739 bits per heavy atom. The largest absolute Gasteiger partial charge is 0.395 e. The highest BCUT2D eigenvalue weighted by molar-refractivity contribution is 6.05. The standard InChI is InChI=1S/C34H42N8O4/c1-21-23(7-3-9-25(21)37-33(45)29-19-31-27(35-13-17-43)11-5-15-41(31)39-29)24-8-4-10-26(22(24)2)38-34(46)30-20-32-28(36-14-18-44)12-6-16-42(32)40-30/h3-4,7-10,19-20,27-28,35-36,43-44H,5-6,11-18H2,1-2H3,(H,37,45)(H,38,46)/t27-,28-/m0/s1. The van der Waals surface area contributed by atoms with E-state index in [9.17, 15) is 19.8 Å². The van der Waals surface area contributed by atoms with Gasteiger partial charge in [0.2, 0.25) is 0 Å². The van der Waals surface area contributed by atoms with Gasteiger partial charge in [-0.15, -0.1) is 0 Å². The Labute approximate surface area is 268 Å². The summed E-state index contributed by atoms with van der Waals surface area (Å²) in [5.41, 5.74) is 7.69. The number of nitrogens with one attached hydrogen (secondary N) is 4. The van der Waals surface area contributed by atoms with E-state index in [2.05, 4.69) is 31.5 Å². The van der Waals surface area contributed by atoms with Crippen LogP contribution in [0.2, 0.25) is 0 Å². The van der Waals surface area contributed by atoms with Gasteiger partial charge in [0.1, 0.15) is 0 Å². The number of amides is 2. The Morgan fingerprint density at radius 2 is 1.17 bits per heavy atom. The zero-order chi connectivity index (χ0) is 32.2. The third-order valence-corrected chi connectivity index (χ3v) is 8.99.